The minimum Gasteiger partial charge on any atom is -0.453 e. The van der Waals surface area contributed by atoms with Gasteiger partial charge in [0.05, 0.1) is 27.8 Å². The van der Waals surface area contributed by atoms with Gasteiger partial charge in [0.2, 0.25) is 0 Å². The Kier molecular flexibility index (Phi) is 6.34. The molecule has 0 aliphatic rings. The van der Waals surface area contributed by atoms with Gasteiger partial charge >= 0.3 is 0 Å². The molecule has 0 atom stereocenters. The minimum atomic E-state index is 0.895. The lowest BCUT2D eigenvalue weighted by Gasteiger charge is -2.11. The molecule has 0 saturated carbocycles. The number of nitrogens with zero attached hydrogens (tertiary/aromatic N) is 2. The van der Waals surface area contributed by atoms with E-state index in [1.54, 1.807) is 0 Å². The fourth-order valence-corrected chi connectivity index (χ4v) is 8.97. The molecular formula is C52H32N2O. The third-order valence-corrected chi connectivity index (χ3v) is 11.5. The molecule has 3 nitrogen and oxygen atoms in total. The fraction of sp³-hybridized carbons (Fsp3) is 0. The van der Waals surface area contributed by atoms with Gasteiger partial charge in [0, 0.05) is 43.4 Å². The molecule has 3 aromatic heterocycles. The highest BCUT2D eigenvalue weighted by Crippen LogP contribution is 2.42. The lowest BCUT2D eigenvalue weighted by atomic mass is 10.0. The van der Waals surface area contributed by atoms with Crippen LogP contribution in [0.15, 0.2) is 199 Å². The predicted octanol–water partition coefficient (Wildman–Crippen LogP) is 14.3. The Morgan fingerprint density at radius 2 is 0.836 bits per heavy atom. The number of furan rings is 1. The van der Waals surface area contributed by atoms with Gasteiger partial charge in [-0.3, -0.25) is 0 Å². The van der Waals surface area contributed by atoms with Crippen LogP contribution in [-0.2, 0) is 0 Å². The van der Waals surface area contributed by atoms with E-state index in [9.17, 15) is 0 Å². The number of fused-ring (bicyclic) bond motifs is 11. The second kappa shape index (κ2) is 11.6. The average molecular weight is 701 g/mol. The van der Waals surface area contributed by atoms with Crippen LogP contribution in [0.5, 0.6) is 0 Å². The number of hydrogen-bond donors (Lipinski definition) is 0. The topological polar surface area (TPSA) is 23.0 Å². The van der Waals surface area contributed by atoms with E-state index in [0.29, 0.717) is 0 Å². The monoisotopic (exact) mass is 700 g/mol. The molecule has 0 radical (unpaired) electrons. The van der Waals surface area contributed by atoms with Gasteiger partial charge in [-0.05, 0) is 88.3 Å². The molecule has 0 fully saturated rings. The van der Waals surface area contributed by atoms with Crippen LogP contribution in [-0.4, -0.2) is 9.13 Å². The van der Waals surface area contributed by atoms with Crippen LogP contribution in [0.4, 0.5) is 0 Å². The van der Waals surface area contributed by atoms with Crippen molar-refractivity contribution in [3.63, 3.8) is 0 Å². The van der Waals surface area contributed by atoms with Gasteiger partial charge in [-0.25, -0.2) is 0 Å². The first kappa shape index (κ1) is 30.1. The second-order valence-corrected chi connectivity index (χ2v) is 14.5. The molecule has 3 heterocycles. The Labute approximate surface area is 316 Å². The fourth-order valence-electron chi connectivity index (χ4n) is 8.97. The van der Waals surface area contributed by atoms with E-state index in [-0.39, 0.29) is 0 Å². The molecule has 0 unspecified atom stereocenters. The molecule has 0 amide bonds. The van der Waals surface area contributed by atoms with Gasteiger partial charge in [0.15, 0.2) is 5.58 Å². The van der Waals surface area contributed by atoms with E-state index in [1.165, 1.54) is 60.2 Å². The SMILES string of the molecule is c1ccc(-c2ccc3c(c2)c2cc(-c4ccccc4)ccc2n3-c2ccc3c(c2)c2ccccc2n3-c2cccc3c2oc2c4ccccc4ccc32)cc1. The maximum absolute atomic E-state index is 6.86. The predicted molar refractivity (Wildman–Crippen MR) is 231 cm³/mol. The maximum atomic E-state index is 6.86. The van der Waals surface area contributed by atoms with Crippen LogP contribution in [0.2, 0.25) is 0 Å². The Morgan fingerprint density at radius 1 is 0.291 bits per heavy atom. The quantitative estimate of drug-likeness (QED) is 0.179. The summed E-state index contributed by atoms with van der Waals surface area (Å²) in [6.07, 6.45) is 0. The second-order valence-electron chi connectivity index (χ2n) is 14.5. The van der Waals surface area contributed by atoms with Crippen LogP contribution >= 0.6 is 0 Å². The Bertz CT molecular complexity index is 3380. The van der Waals surface area contributed by atoms with Crippen LogP contribution in [0, 0.1) is 0 Å². The Hall–Kier alpha value is -7.36. The number of aromatic nitrogens is 2. The molecule has 12 aromatic rings. The first-order chi connectivity index (χ1) is 27.3. The Morgan fingerprint density at radius 3 is 1.56 bits per heavy atom. The van der Waals surface area contributed by atoms with Gasteiger partial charge in [0.1, 0.15) is 5.58 Å². The van der Waals surface area contributed by atoms with Crippen molar-refractivity contribution < 1.29 is 4.42 Å². The molecule has 256 valence electrons. The van der Waals surface area contributed by atoms with Crippen LogP contribution in [0.1, 0.15) is 0 Å². The molecule has 55 heavy (non-hydrogen) atoms. The molecule has 0 aliphatic carbocycles. The number of para-hydroxylation sites is 2. The summed E-state index contributed by atoms with van der Waals surface area (Å²) < 4.78 is 11.7. The van der Waals surface area contributed by atoms with E-state index in [4.69, 9.17) is 4.42 Å². The third-order valence-electron chi connectivity index (χ3n) is 11.5. The van der Waals surface area contributed by atoms with Crippen molar-refractivity contribution >= 4 is 76.3 Å². The van der Waals surface area contributed by atoms with Crippen LogP contribution in [0.3, 0.4) is 0 Å². The van der Waals surface area contributed by atoms with E-state index in [1.807, 2.05) is 0 Å². The molecule has 0 spiro atoms. The molecule has 0 N–H and O–H groups in total. The van der Waals surface area contributed by atoms with Crippen molar-refractivity contribution in [3.05, 3.63) is 194 Å². The summed E-state index contributed by atoms with van der Waals surface area (Å²) in [7, 11) is 0. The van der Waals surface area contributed by atoms with E-state index in [2.05, 4.69) is 203 Å². The molecule has 0 saturated heterocycles. The molecule has 0 bridgehead atoms. The van der Waals surface area contributed by atoms with E-state index < -0.39 is 0 Å². The minimum absolute atomic E-state index is 0.895. The lowest BCUT2D eigenvalue weighted by Crippen LogP contribution is -1.96. The van der Waals surface area contributed by atoms with Crippen LogP contribution in [0.25, 0.3) is 110 Å². The summed E-state index contributed by atoms with van der Waals surface area (Å²) in [6, 6.07) is 70.2. The number of benzene rings is 9. The summed E-state index contributed by atoms with van der Waals surface area (Å²) in [5, 5.41) is 9.44. The van der Waals surface area contributed by atoms with Crippen molar-refractivity contribution in [2.75, 3.05) is 0 Å². The van der Waals surface area contributed by atoms with Crippen molar-refractivity contribution in [1.29, 1.82) is 0 Å². The summed E-state index contributed by atoms with van der Waals surface area (Å²) in [6.45, 7) is 0. The first-order valence-electron chi connectivity index (χ1n) is 18.8. The van der Waals surface area contributed by atoms with Gasteiger partial charge in [-0.2, -0.15) is 0 Å². The lowest BCUT2D eigenvalue weighted by molar-refractivity contribution is 0.670. The highest BCUT2D eigenvalue weighted by atomic mass is 16.3. The standard InChI is InChI=1S/C52H32N2O/c1-3-12-33(13-4-1)36-23-27-47-43(30-36)44-31-37(34-14-5-2-6-15-34)24-28-48(44)53(47)38-25-29-49-45(32-38)40-18-9-10-20-46(40)54(49)50-21-11-19-41-42-26-22-35-16-7-8-17-39(35)51(42)55-52(41)50/h1-32H. The highest BCUT2D eigenvalue weighted by molar-refractivity contribution is 6.18. The van der Waals surface area contributed by atoms with Gasteiger partial charge in [-0.1, -0.05) is 133 Å². The smallest absolute Gasteiger partial charge is 0.159 e. The molecule has 9 aromatic carbocycles. The zero-order chi connectivity index (χ0) is 36.0. The van der Waals surface area contributed by atoms with Crippen molar-refractivity contribution in [2.45, 2.75) is 0 Å². The van der Waals surface area contributed by atoms with Crippen molar-refractivity contribution in [1.82, 2.24) is 9.13 Å². The van der Waals surface area contributed by atoms with Crippen molar-refractivity contribution in [3.8, 4) is 33.6 Å². The van der Waals surface area contributed by atoms with Gasteiger partial charge in [-0.15, -0.1) is 0 Å². The number of hydrogen-bond acceptors (Lipinski definition) is 1. The van der Waals surface area contributed by atoms with Gasteiger partial charge in [0.25, 0.3) is 0 Å². The summed E-state index contributed by atoms with van der Waals surface area (Å²) >= 11 is 0. The molecule has 0 aliphatic heterocycles. The van der Waals surface area contributed by atoms with Gasteiger partial charge < -0.3 is 13.6 Å². The highest BCUT2D eigenvalue weighted by Gasteiger charge is 2.20. The maximum Gasteiger partial charge on any atom is 0.159 e. The first-order valence-corrected chi connectivity index (χ1v) is 18.8. The zero-order valence-corrected chi connectivity index (χ0v) is 29.8. The largest absolute Gasteiger partial charge is 0.453 e. The Balaban J connectivity index is 1.11. The summed E-state index contributed by atoms with van der Waals surface area (Å²) in [4.78, 5) is 0. The zero-order valence-electron chi connectivity index (χ0n) is 29.8. The normalized spacial score (nSPS) is 12.0. The summed E-state index contributed by atoms with van der Waals surface area (Å²) in [5.41, 5.74) is 13.5. The van der Waals surface area contributed by atoms with E-state index in [0.717, 1.165) is 49.7 Å². The third kappa shape index (κ3) is 4.44. The summed E-state index contributed by atoms with van der Waals surface area (Å²) in [5.74, 6) is 0. The van der Waals surface area contributed by atoms with Crippen molar-refractivity contribution in [2.24, 2.45) is 0 Å². The molecular weight excluding hydrogens is 669 g/mol. The molecule has 12 rings (SSSR count). The number of rotatable bonds is 4. The van der Waals surface area contributed by atoms with Crippen LogP contribution < -0.4 is 0 Å². The molecule has 3 heteroatoms. The average Bonchev–Trinajstić information content (AvgIpc) is 3.91. The van der Waals surface area contributed by atoms with E-state index >= 15 is 0 Å².